The molecule has 0 aliphatic carbocycles. The Kier molecular flexibility index (Phi) is 4.15. The highest BCUT2D eigenvalue weighted by Crippen LogP contribution is 2.11. The summed E-state index contributed by atoms with van der Waals surface area (Å²) in [7, 11) is 0. The average molecular weight is 248 g/mol. The zero-order chi connectivity index (χ0) is 13.0. The zero-order valence-corrected chi connectivity index (χ0v) is 11.2. The van der Waals surface area contributed by atoms with Crippen molar-refractivity contribution in [3.05, 3.63) is 34.5 Å². The molecule has 0 fully saturated rings. The normalized spacial score (nSPS) is 11.1. The topological polar surface area (TPSA) is 66.7 Å². The summed E-state index contributed by atoms with van der Waals surface area (Å²) in [6.07, 6.45) is 4.06. The summed E-state index contributed by atoms with van der Waals surface area (Å²) in [5.41, 5.74) is 4.62. The predicted molar refractivity (Wildman–Crippen MR) is 69.3 cm³/mol. The largest absolute Gasteiger partial charge is 0.361 e. The van der Waals surface area contributed by atoms with Crippen LogP contribution in [0.3, 0.4) is 0 Å². The van der Waals surface area contributed by atoms with Crippen LogP contribution in [0.2, 0.25) is 0 Å². The highest BCUT2D eigenvalue weighted by atomic mass is 16.5. The van der Waals surface area contributed by atoms with Crippen molar-refractivity contribution in [1.82, 2.24) is 20.7 Å². The lowest BCUT2D eigenvalue weighted by atomic mass is 10.1. The molecule has 18 heavy (non-hydrogen) atoms. The fourth-order valence-corrected chi connectivity index (χ4v) is 2.00. The van der Waals surface area contributed by atoms with E-state index in [0.717, 1.165) is 37.4 Å². The minimum atomic E-state index is 0.825. The van der Waals surface area contributed by atoms with E-state index in [1.807, 2.05) is 20.0 Å². The van der Waals surface area contributed by atoms with Gasteiger partial charge in [0.25, 0.3) is 0 Å². The van der Waals surface area contributed by atoms with Gasteiger partial charge in [0, 0.05) is 17.8 Å². The molecule has 0 radical (unpaired) electrons. The molecule has 0 saturated carbocycles. The number of aromatic amines is 1. The molecule has 2 heterocycles. The number of nitrogens with one attached hydrogen (secondary N) is 2. The van der Waals surface area contributed by atoms with Crippen LogP contribution in [0, 0.1) is 20.8 Å². The first kappa shape index (κ1) is 12.8. The average Bonchev–Trinajstić information content (AvgIpc) is 2.88. The number of aromatic nitrogens is 3. The van der Waals surface area contributed by atoms with Crippen LogP contribution in [0.25, 0.3) is 0 Å². The Bertz CT molecular complexity index is 481. The fourth-order valence-electron chi connectivity index (χ4n) is 2.00. The third-order valence-corrected chi connectivity index (χ3v) is 3.22. The van der Waals surface area contributed by atoms with Gasteiger partial charge in [0.2, 0.25) is 0 Å². The third-order valence-electron chi connectivity index (χ3n) is 3.22. The van der Waals surface area contributed by atoms with E-state index in [1.165, 1.54) is 16.8 Å². The van der Waals surface area contributed by atoms with Crippen molar-refractivity contribution in [2.75, 3.05) is 6.54 Å². The van der Waals surface area contributed by atoms with E-state index < -0.39 is 0 Å². The summed E-state index contributed by atoms with van der Waals surface area (Å²) in [4.78, 5) is 0. The quantitative estimate of drug-likeness (QED) is 0.768. The van der Waals surface area contributed by atoms with Gasteiger partial charge in [-0.2, -0.15) is 5.10 Å². The molecule has 2 rings (SSSR count). The molecular weight excluding hydrogens is 228 g/mol. The monoisotopic (exact) mass is 248 g/mol. The van der Waals surface area contributed by atoms with Gasteiger partial charge >= 0.3 is 0 Å². The van der Waals surface area contributed by atoms with Gasteiger partial charge in [-0.25, -0.2) is 0 Å². The molecule has 0 aromatic carbocycles. The standard InChI is InChI=1S/C13H20N4O/c1-9-12(7-15-16-9)5-4-6-14-8-13-10(2)17-18-11(13)3/h7,14H,4-6,8H2,1-3H3,(H,15,16). The number of H-pyrrole nitrogens is 1. The number of aryl methyl sites for hydroxylation is 4. The Morgan fingerprint density at radius 3 is 2.78 bits per heavy atom. The Labute approximate surface area is 107 Å². The molecule has 0 aliphatic heterocycles. The minimum absolute atomic E-state index is 0.825. The summed E-state index contributed by atoms with van der Waals surface area (Å²) in [6, 6.07) is 0. The third kappa shape index (κ3) is 2.98. The number of hydrogen-bond acceptors (Lipinski definition) is 4. The van der Waals surface area contributed by atoms with Crippen molar-refractivity contribution in [3.8, 4) is 0 Å². The van der Waals surface area contributed by atoms with Crippen LogP contribution in [0.5, 0.6) is 0 Å². The van der Waals surface area contributed by atoms with Crippen LogP contribution in [-0.4, -0.2) is 21.9 Å². The van der Waals surface area contributed by atoms with Crippen LogP contribution in [-0.2, 0) is 13.0 Å². The molecule has 0 amide bonds. The summed E-state index contributed by atoms with van der Waals surface area (Å²) >= 11 is 0. The van der Waals surface area contributed by atoms with Gasteiger partial charge in [-0.15, -0.1) is 0 Å². The van der Waals surface area contributed by atoms with E-state index in [2.05, 4.69) is 27.6 Å². The SMILES string of the molecule is Cc1noc(C)c1CNCCCc1cn[nH]c1C. The highest BCUT2D eigenvalue weighted by molar-refractivity contribution is 5.20. The molecule has 0 aliphatic rings. The number of nitrogens with zero attached hydrogens (tertiary/aromatic N) is 2. The van der Waals surface area contributed by atoms with Gasteiger partial charge < -0.3 is 9.84 Å². The predicted octanol–water partition coefficient (Wildman–Crippen LogP) is 2.05. The Balaban J connectivity index is 1.69. The smallest absolute Gasteiger partial charge is 0.138 e. The van der Waals surface area contributed by atoms with E-state index in [9.17, 15) is 0 Å². The molecule has 0 bridgehead atoms. The summed E-state index contributed by atoms with van der Waals surface area (Å²) in [5, 5.41) is 14.3. The van der Waals surface area contributed by atoms with Crippen molar-refractivity contribution < 1.29 is 4.52 Å². The maximum Gasteiger partial charge on any atom is 0.138 e. The number of rotatable bonds is 6. The summed E-state index contributed by atoms with van der Waals surface area (Å²) in [5.74, 6) is 0.908. The maximum atomic E-state index is 5.12. The molecule has 2 aromatic rings. The van der Waals surface area contributed by atoms with Gasteiger partial charge in [-0.1, -0.05) is 5.16 Å². The molecular formula is C13H20N4O. The van der Waals surface area contributed by atoms with Crippen LogP contribution in [0.1, 0.15) is 34.7 Å². The first-order valence-corrected chi connectivity index (χ1v) is 6.29. The molecule has 0 unspecified atom stereocenters. The van der Waals surface area contributed by atoms with E-state index in [1.54, 1.807) is 0 Å². The highest BCUT2D eigenvalue weighted by Gasteiger charge is 2.07. The van der Waals surface area contributed by atoms with Crippen LogP contribution >= 0.6 is 0 Å². The Morgan fingerprint density at radius 1 is 1.33 bits per heavy atom. The van der Waals surface area contributed by atoms with E-state index in [-0.39, 0.29) is 0 Å². The van der Waals surface area contributed by atoms with Crippen LogP contribution in [0.4, 0.5) is 0 Å². The molecule has 5 heteroatoms. The lowest BCUT2D eigenvalue weighted by Gasteiger charge is -2.04. The second-order valence-electron chi connectivity index (χ2n) is 4.60. The van der Waals surface area contributed by atoms with Gasteiger partial charge in [0.1, 0.15) is 5.76 Å². The van der Waals surface area contributed by atoms with Crippen LogP contribution in [0.15, 0.2) is 10.7 Å². The maximum absolute atomic E-state index is 5.12. The molecule has 2 aromatic heterocycles. The molecule has 0 atom stereocenters. The van der Waals surface area contributed by atoms with Gasteiger partial charge in [-0.3, -0.25) is 5.10 Å². The van der Waals surface area contributed by atoms with Crippen molar-refractivity contribution in [1.29, 1.82) is 0 Å². The molecule has 5 nitrogen and oxygen atoms in total. The van der Waals surface area contributed by atoms with Gasteiger partial charge in [0.05, 0.1) is 11.9 Å². The molecule has 2 N–H and O–H groups in total. The fraction of sp³-hybridized carbons (Fsp3) is 0.538. The van der Waals surface area contributed by atoms with E-state index in [0.29, 0.717) is 0 Å². The second kappa shape index (κ2) is 5.82. The van der Waals surface area contributed by atoms with Gasteiger partial charge in [0.15, 0.2) is 0 Å². The second-order valence-corrected chi connectivity index (χ2v) is 4.60. The van der Waals surface area contributed by atoms with Crippen molar-refractivity contribution in [2.24, 2.45) is 0 Å². The first-order valence-electron chi connectivity index (χ1n) is 6.29. The first-order chi connectivity index (χ1) is 8.68. The molecule has 0 saturated heterocycles. The Morgan fingerprint density at radius 2 is 2.17 bits per heavy atom. The minimum Gasteiger partial charge on any atom is -0.361 e. The van der Waals surface area contributed by atoms with E-state index >= 15 is 0 Å². The number of hydrogen-bond donors (Lipinski definition) is 2. The van der Waals surface area contributed by atoms with Gasteiger partial charge in [-0.05, 0) is 45.7 Å². The lowest BCUT2D eigenvalue weighted by Crippen LogP contribution is -2.16. The molecule has 0 spiro atoms. The lowest BCUT2D eigenvalue weighted by molar-refractivity contribution is 0.392. The zero-order valence-electron chi connectivity index (χ0n) is 11.2. The molecule has 98 valence electrons. The Hall–Kier alpha value is -1.62. The summed E-state index contributed by atoms with van der Waals surface area (Å²) in [6.45, 7) is 7.79. The van der Waals surface area contributed by atoms with E-state index in [4.69, 9.17) is 4.52 Å². The van der Waals surface area contributed by atoms with Crippen LogP contribution < -0.4 is 5.32 Å². The van der Waals surface area contributed by atoms with Crippen molar-refractivity contribution in [2.45, 2.75) is 40.2 Å². The van der Waals surface area contributed by atoms with Crippen molar-refractivity contribution in [3.63, 3.8) is 0 Å². The summed E-state index contributed by atoms with van der Waals surface area (Å²) < 4.78 is 5.12. The van der Waals surface area contributed by atoms with Crippen molar-refractivity contribution >= 4 is 0 Å².